The molecule has 312 valence electrons. The molecule has 14 rings (SSSR count). The minimum absolute atomic E-state index is 0.0527. The predicted molar refractivity (Wildman–Crippen MR) is 272 cm³/mol. The molecule has 2 aliphatic heterocycles. The van der Waals surface area contributed by atoms with Gasteiger partial charge in [-0.05, 0) is 85.6 Å². The highest BCUT2D eigenvalue weighted by Gasteiger charge is 2.49. The maximum atomic E-state index is 7.11. The van der Waals surface area contributed by atoms with E-state index in [1.807, 2.05) is 0 Å². The van der Waals surface area contributed by atoms with Gasteiger partial charge in [-0.1, -0.05) is 170 Å². The number of hydrogen-bond acceptors (Lipinski definition) is 3. The van der Waals surface area contributed by atoms with Gasteiger partial charge in [-0.2, -0.15) is 0 Å². The van der Waals surface area contributed by atoms with E-state index in [9.17, 15) is 0 Å². The number of para-hydroxylation sites is 3. The van der Waals surface area contributed by atoms with Gasteiger partial charge in [0.1, 0.15) is 16.7 Å². The molecular weight excluding hydrogens is 791 g/mol. The van der Waals surface area contributed by atoms with Gasteiger partial charge < -0.3 is 18.2 Å². The Balaban J connectivity index is 1.21. The highest BCUT2D eigenvalue weighted by Crippen LogP contribution is 2.55. The minimum atomic E-state index is -0.263. The van der Waals surface area contributed by atoms with Crippen molar-refractivity contribution >= 4 is 89.7 Å². The maximum Gasteiger partial charge on any atom is 0.336 e. The van der Waals surface area contributed by atoms with Gasteiger partial charge in [0.15, 0.2) is 5.71 Å². The fraction of sp³-hybridized carbons (Fsp3) is 0.167. The van der Waals surface area contributed by atoms with Crippen molar-refractivity contribution in [3.8, 4) is 22.3 Å². The van der Waals surface area contributed by atoms with E-state index in [2.05, 4.69) is 216 Å². The second-order valence-corrected chi connectivity index (χ2v) is 20.8. The average Bonchev–Trinajstić information content (AvgIpc) is 3.98. The number of aromatic nitrogens is 1. The van der Waals surface area contributed by atoms with Crippen LogP contribution in [-0.4, -0.2) is 11.3 Å². The van der Waals surface area contributed by atoms with Crippen LogP contribution in [-0.2, 0) is 16.2 Å². The topological polar surface area (TPSA) is 34.5 Å². The van der Waals surface area contributed by atoms with Gasteiger partial charge in [0, 0.05) is 66.5 Å². The lowest BCUT2D eigenvalue weighted by atomic mass is 9.44. The first kappa shape index (κ1) is 37.2. The highest BCUT2D eigenvalue weighted by atomic mass is 16.3. The summed E-state index contributed by atoms with van der Waals surface area (Å²) in [5, 5.41) is 5.81. The van der Waals surface area contributed by atoms with Crippen molar-refractivity contribution in [1.82, 2.24) is 4.48 Å². The molecule has 0 saturated carbocycles. The van der Waals surface area contributed by atoms with Gasteiger partial charge in [0.2, 0.25) is 0 Å². The van der Waals surface area contributed by atoms with Crippen LogP contribution < -0.4 is 15.8 Å². The van der Waals surface area contributed by atoms with Crippen LogP contribution in [0, 0.1) is 0 Å². The average molecular weight is 839 g/mol. The summed E-state index contributed by atoms with van der Waals surface area (Å²) >= 11 is 0. The summed E-state index contributed by atoms with van der Waals surface area (Å²) in [4.78, 5) is 2.60. The first-order chi connectivity index (χ1) is 31.4. The Morgan fingerprint density at radius 2 is 1.12 bits per heavy atom. The Morgan fingerprint density at radius 3 is 1.85 bits per heavy atom. The minimum Gasteiger partial charge on any atom is -0.456 e. The first-order valence-corrected chi connectivity index (χ1v) is 23.1. The zero-order chi connectivity index (χ0) is 43.9. The van der Waals surface area contributed by atoms with Gasteiger partial charge in [-0.25, -0.2) is 0 Å². The van der Waals surface area contributed by atoms with Crippen molar-refractivity contribution in [2.24, 2.45) is 0 Å². The van der Waals surface area contributed by atoms with Crippen LogP contribution in [0.4, 0.5) is 17.1 Å². The summed E-state index contributed by atoms with van der Waals surface area (Å²) in [5.74, 6) is 0. The van der Waals surface area contributed by atoms with Gasteiger partial charge in [-0.3, -0.25) is 0 Å². The van der Waals surface area contributed by atoms with E-state index < -0.39 is 0 Å². The van der Waals surface area contributed by atoms with E-state index in [0.717, 1.165) is 50.0 Å². The monoisotopic (exact) mass is 838 g/mol. The lowest BCUT2D eigenvalue weighted by Crippen LogP contribution is -2.57. The van der Waals surface area contributed by atoms with E-state index in [1.54, 1.807) is 0 Å². The van der Waals surface area contributed by atoms with E-state index in [0.29, 0.717) is 0 Å². The third kappa shape index (κ3) is 4.68. The van der Waals surface area contributed by atoms with Gasteiger partial charge in [0.05, 0.1) is 11.1 Å². The van der Waals surface area contributed by atoms with Crippen LogP contribution >= 0.6 is 0 Å². The van der Waals surface area contributed by atoms with E-state index in [1.165, 1.54) is 83.0 Å². The third-order valence-electron chi connectivity index (χ3n) is 15.6. The molecule has 0 radical (unpaired) electrons. The number of benzene rings is 8. The SMILES string of the molecule is CC(C)(C)c1ccc(N2c3cc4c(cc3B3c5c2cc2oc6ccccc6c2c5-c2cccc5c6c7ccccc7oc6n3c25)C(C)(C)c2ccccc2C4(C)C)c(-c2ccccc2)c1. The molecular formula is C60H47BN2O2. The highest BCUT2D eigenvalue weighted by molar-refractivity contribution is 6.90. The summed E-state index contributed by atoms with van der Waals surface area (Å²) in [5.41, 5.74) is 21.8. The number of furan rings is 2. The molecule has 0 spiro atoms. The molecule has 0 fully saturated rings. The summed E-state index contributed by atoms with van der Waals surface area (Å²) in [7, 11) is 0. The summed E-state index contributed by atoms with van der Waals surface area (Å²) in [6, 6.07) is 58.8. The standard InChI is InChI=1S/C60H47BN2O2/c1-58(2,3)35-28-29-46(40(30-35)34-18-9-8-10-19-34)62-47-32-44-43(59(4,5)41-24-13-14-25-42(41)60(44,6)7)31-45(47)61-55-48(62)33-51-53(37-21-12-15-26-49(37)64-51)54(55)39-23-17-22-38-52-36-20-11-16-27-50(36)65-57(52)63(61)56(38)39/h8-33H,1-7H3. The maximum absolute atomic E-state index is 7.11. The number of hydrogen-bond donors (Lipinski definition) is 0. The van der Waals surface area contributed by atoms with Crippen LogP contribution in [0.2, 0.25) is 0 Å². The Morgan fingerprint density at radius 1 is 0.492 bits per heavy atom. The molecule has 5 heterocycles. The number of rotatable bonds is 2. The predicted octanol–water partition coefficient (Wildman–Crippen LogP) is 14.8. The molecule has 0 amide bonds. The second-order valence-electron chi connectivity index (χ2n) is 20.8. The normalized spacial score (nSPS) is 15.5. The van der Waals surface area contributed by atoms with Crippen molar-refractivity contribution in [2.45, 2.75) is 64.7 Å². The van der Waals surface area contributed by atoms with Gasteiger partial charge in [-0.15, -0.1) is 0 Å². The van der Waals surface area contributed by atoms with Crippen LogP contribution in [0.1, 0.15) is 76.3 Å². The molecule has 0 saturated heterocycles. The van der Waals surface area contributed by atoms with E-state index >= 15 is 0 Å². The van der Waals surface area contributed by atoms with Crippen molar-refractivity contribution in [2.75, 3.05) is 4.90 Å². The molecule has 3 aromatic heterocycles. The quantitative estimate of drug-likeness (QED) is 0.163. The zero-order valence-corrected chi connectivity index (χ0v) is 37.8. The Hall–Kier alpha value is -7.24. The molecule has 11 aromatic rings. The zero-order valence-electron chi connectivity index (χ0n) is 37.8. The van der Waals surface area contributed by atoms with E-state index in [-0.39, 0.29) is 23.1 Å². The molecule has 0 atom stereocenters. The van der Waals surface area contributed by atoms with Gasteiger partial charge >= 0.3 is 6.85 Å². The largest absolute Gasteiger partial charge is 0.456 e. The molecule has 0 unspecified atom stereocenters. The van der Waals surface area contributed by atoms with Crippen LogP contribution in [0.15, 0.2) is 167 Å². The molecule has 0 bridgehead atoms. The number of anilines is 3. The van der Waals surface area contributed by atoms with Crippen molar-refractivity contribution in [3.05, 3.63) is 186 Å². The van der Waals surface area contributed by atoms with Crippen LogP contribution in [0.5, 0.6) is 0 Å². The van der Waals surface area contributed by atoms with E-state index in [4.69, 9.17) is 8.83 Å². The Kier molecular flexibility index (Phi) is 7.04. The molecule has 3 aliphatic rings. The fourth-order valence-corrected chi connectivity index (χ4v) is 12.4. The second kappa shape index (κ2) is 12.3. The molecule has 65 heavy (non-hydrogen) atoms. The molecule has 0 N–H and O–H groups in total. The summed E-state index contributed by atoms with van der Waals surface area (Å²) in [6.07, 6.45) is 0. The number of nitrogens with zero attached hydrogens (tertiary/aromatic N) is 2. The van der Waals surface area contributed by atoms with Crippen molar-refractivity contribution < 1.29 is 8.83 Å². The molecule has 4 nitrogen and oxygen atoms in total. The summed E-state index contributed by atoms with van der Waals surface area (Å²) in [6.45, 7) is 16.4. The van der Waals surface area contributed by atoms with Crippen molar-refractivity contribution in [3.63, 3.8) is 0 Å². The molecule has 5 heteroatoms. The van der Waals surface area contributed by atoms with Crippen LogP contribution in [0.25, 0.3) is 77.2 Å². The first-order valence-electron chi connectivity index (χ1n) is 23.1. The molecule has 8 aromatic carbocycles. The van der Waals surface area contributed by atoms with Gasteiger partial charge in [0.25, 0.3) is 0 Å². The fourth-order valence-electron chi connectivity index (χ4n) is 12.4. The smallest absolute Gasteiger partial charge is 0.336 e. The summed E-state index contributed by atoms with van der Waals surface area (Å²) < 4.78 is 16.7. The lowest BCUT2D eigenvalue weighted by Gasteiger charge is -2.47. The molecule has 1 aliphatic carbocycles. The number of fused-ring (bicyclic) bond motifs is 15. The van der Waals surface area contributed by atoms with Crippen molar-refractivity contribution in [1.29, 1.82) is 0 Å². The third-order valence-corrected chi connectivity index (χ3v) is 15.6. The van der Waals surface area contributed by atoms with Crippen LogP contribution in [0.3, 0.4) is 0 Å². The Labute approximate surface area is 378 Å². The Bertz CT molecular complexity index is 3890. The lowest BCUT2D eigenvalue weighted by molar-refractivity contribution is 0.521.